The summed E-state index contributed by atoms with van der Waals surface area (Å²) in [7, 11) is 0. The topological polar surface area (TPSA) is 80.3 Å². The molecule has 0 aromatic carbocycles. The molecule has 0 rings (SSSR count). The number of carboxylic acids is 2. The van der Waals surface area contributed by atoms with Crippen molar-refractivity contribution in [1.82, 2.24) is 0 Å². The van der Waals surface area contributed by atoms with Crippen LogP contribution < -0.4 is 10.2 Å². The normalized spacial score (nSPS) is 9.11. The van der Waals surface area contributed by atoms with Gasteiger partial charge < -0.3 is 19.8 Å². The van der Waals surface area contributed by atoms with Gasteiger partial charge in [0.2, 0.25) is 0 Å². The molecule has 0 fully saturated rings. The van der Waals surface area contributed by atoms with Crippen LogP contribution in [-0.4, -0.2) is 11.9 Å². The summed E-state index contributed by atoms with van der Waals surface area (Å²) in [5.41, 5.74) is 0. The molecular weight excluding hydrogens is 392 g/mol. The van der Waals surface area contributed by atoms with Crippen molar-refractivity contribution in [3.8, 4) is 24.7 Å². The van der Waals surface area contributed by atoms with E-state index in [9.17, 15) is 19.8 Å². The number of carboxylic acid groups (broad SMARTS) is 2. The first-order valence-corrected chi connectivity index (χ1v) is 9.81. The Labute approximate surface area is 176 Å². The Morgan fingerprint density at radius 3 is 1.07 bits per heavy atom. The summed E-state index contributed by atoms with van der Waals surface area (Å²) in [5, 5.41) is 20.1. The van der Waals surface area contributed by atoms with Gasteiger partial charge in [-0.15, -0.1) is 24.7 Å². The van der Waals surface area contributed by atoms with Gasteiger partial charge in [-0.1, -0.05) is 51.4 Å². The van der Waals surface area contributed by atoms with Crippen molar-refractivity contribution >= 4 is 11.9 Å². The fourth-order valence-corrected chi connectivity index (χ4v) is 2.41. The molecule has 0 aliphatic rings. The van der Waals surface area contributed by atoms with Crippen LogP contribution >= 0.6 is 0 Å². The van der Waals surface area contributed by atoms with Gasteiger partial charge >= 0.3 is 17.1 Å². The predicted molar refractivity (Wildman–Crippen MR) is 102 cm³/mol. The molecule has 5 heteroatoms. The maximum absolute atomic E-state index is 10.0. The zero-order valence-corrected chi connectivity index (χ0v) is 17.3. The van der Waals surface area contributed by atoms with Crippen molar-refractivity contribution in [2.24, 2.45) is 0 Å². The minimum atomic E-state index is -0.938. The molecule has 0 aliphatic carbocycles. The molecule has 0 heterocycles. The summed E-state index contributed by atoms with van der Waals surface area (Å²) in [5.74, 6) is 3.32. The Balaban J connectivity index is -0.000000411. The van der Waals surface area contributed by atoms with E-state index in [1.54, 1.807) is 0 Å². The molecule has 1 radical (unpaired) electrons. The van der Waals surface area contributed by atoms with Crippen LogP contribution in [0.1, 0.15) is 103 Å². The number of hydrogen-bond acceptors (Lipinski definition) is 4. The first kappa shape index (κ1) is 30.3. The number of rotatable bonds is 16. The van der Waals surface area contributed by atoms with E-state index in [0.29, 0.717) is 0 Å². The van der Waals surface area contributed by atoms with Crippen LogP contribution in [0.15, 0.2) is 0 Å². The molecule has 0 aromatic rings. The van der Waals surface area contributed by atoms with Gasteiger partial charge in [-0.05, 0) is 38.5 Å². The second kappa shape index (κ2) is 26.8. The third-order valence-corrected chi connectivity index (χ3v) is 3.90. The Kier molecular flexibility index (Phi) is 30.1. The average molecular weight is 426 g/mol. The minimum Gasteiger partial charge on any atom is -0.550 e. The van der Waals surface area contributed by atoms with E-state index in [1.165, 1.54) is 0 Å². The fraction of sp³-hybridized carbons (Fsp3) is 0.727. The van der Waals surface area contributed by atoms with Gasteiger partial charge in [0.1, 0.15) is 0 Å². The van der Waals surface area contributed by atoms with Gasteiger partial charge in [-0.3, -0.25) is 0 Å². The van der Waals surface area contributed by atoms with Gasteiger partial charge in [0, 0.05) is 24.8 Å². The molecule has 0 aliphatic heterocycles. The van der Waals surface area contributed by atoms with E-state index < -0.39 is 11.9 Å². The van der Waals surface area contributed by atoms with Crippen molar-refractivity contribution in [2.45, 2.75) is 103 Å². The molecule has 0 aromatic heterocycles. The van der Waals surface area contributed by atoms with Gasteiger partial charge in [-0.25, -0.2) is 0 Å². The van der Waals surface area contributed by atoms with Crippen LogP contribution in [0.3, 0.4) is 0 Å². The SMILES string of the molecule is C#CCCCCCCCCC(=O)[O-].C#CCCCCCCCCC(=O)[O-].[Cu+2]. The van der Waals surface area contributed by atoms with Crippen molar-refractivity contribution in [3.63, 3.8) is 0 Å². The maximum atomic E-state index is 10.0. The Morgan fingerprint density at radius 2 is 0.815 bits per heavy atom. The van der Waals surface area contributed by atoms with Crippen molar-refractivity contribution in [1.29, 1.82) is 0 Å². The number of hydrogen-bond donors (Lipinski definition) is 0. The van der Waals surface area contributed by atoms with Crippen molar-refractivity contribution in [3.05, 3.63) is 0 Å². The molecule has 27 heavy (non-hydrogen) atoms. The third-order valence-electron chi connectivity index (χ3n) is 3.90. The zero-order chi connectivity index (χ0) is 19.9. The predicted octanol–water partition coefficient (Wildman–Crippen LogP) is 2.98. The molecule has 4 nitrogen and oxygen atoms in total. The largest absolute Gasteiger partial charge is 2.00 e. The number of terminal acetylenes is 2. The molecule has 0 N–H and O–H groups in total. The van der Waals surface area contributed by atoms with E-state index in [2.05, 4.69) is 11.8 Å². The number of carbonyl (C=O) groups is 2. The third kappa shape index (κ3) is 36.3. The van der Waals surface area contributed by atoms with E-state index >= 15 is 0 Å². The minimum absolute atomic E-state index is 0. The molecule has 0 saturated carbocycles. The maximum Gasteiger partial charge on any atom is 2.00 e. The second-order valence-corrected chi connectivity index (χ2v) is 6.39. The number of carbonyl (C=O) groups excluding carboxylic acids is 2. The van der Waals surface area contributed by atoms with Gasteiger partial charge in [0.15, 0.2) is 0 Å². The van der Waals surface area contributed by atoms with Crippen LogP contribution in [0.25, 0.3) is 0 Å². The van der Waals surface area contributed by atoms with E-state index in [-0.39, 0.29) is 29.9 Å². The van der Waals surface area contributed by atoms with Crippen LogP contribution in [-0.2, 0) is 26.7 Å². The average Bonchev–Trinajstić information content (AvgIpc) is 2.60. The molecule has 0 atom stereocenters. The summed E-state index contributed by atoms with van der Waals surface area (Å²) in [6, 6.07) is 0. The van der Waals surface area contributed by atoms with Crippen LogP contribution in [0.5, 0.6) is 0 Å². The van der Waals surface area contributed by atoms with Crippen molar-refractivity contribution in [2.75, 3.05) is 0 Å². The summed E-state index contributed by atoms with van der Waals surface area (Å²) in [6.45, 7) is 0. The van der Waals surface area contributed by atoms with Crippen LogP contribution in [0.2, 0.25) is 0 Å². The summed E-state index contributed by atoms with van der Waals surface area (Å²) in [6.07, 6.45) is 24.9. The molecule has 0 amide bonds. The number of unbranched alkanes of at least 4 members (excludes halogenated alkanes) is 12. The fourth-order valence-electron chi connectivity index (χ4n) is 2.41. The van der Waals surface area contributed by atoms with Crippen LogP contribution in [0, 0.1) is 24.7 Å². The Morgan fingerprint density at radius 1 is 0.556 bits per heavy atom. The molecule has 0 spiro atoms. The van der Waals surface area contributed by atoms with E-state index in [0.717, 1.165) is 89.9 Å². The Bertz CT molecular complexity index is 381. The van der Waals surface area contributed by atoms with Gasteiger partial charge in [0.05, 0.1) is 0 Å². The van der Waals surface area contributed by atoms with Crippen molar-refractivity contribution < 1.29 is 36.9 Å². The monoisotopic (exact) mass is 425 g/mol. The van der Waals surface area contributed by atoms with E-state index in [1.807, 2.05) is 0 Å². The van der Waals surface area contributed by atoms with Crippen LogP contribution in [0.4, 0.5) is 0 Å². The second-order valence-electron chi connectivity index (χ2n) is 6.39. The van der Waals surface area contributed by atoms with E-state index in [4.69, 9.17) is 12.8 Å². The quantitative estimate of drug-likeness (QED) is 0.216. The standard InChI is InChI=1S/2C11H18O2.Cu/c2*1-2-3-4-5-6-7-8-9-10-11(12)13;/h2*1H,3-10H2,(H,12,13);/q;;+2/p-2. The van der Waals surface area contributed by atoms with Gasteiger partial charge in [-0.2, -0.15) is 0 Å². The molecule has 0 saturated heterocycles. The summed E-state index contributed by atoms with van der Waals surface area (Å²) < 4.78 is 0. The molecule has 157 valence electrons. The van der Waals surface area contributed by atoms with Gasteiger partial charge in [0.25, 0.3) is 0 Å². The Hall–Kier alpha value is -1.42. The smallest absolute Gasteiger partial charge is 0.550 e. The molecule has 0 bridgehead atoms. The first-order valence-electron chi connectivity index (χ1n) is 9.81. The molecular formula is C22H34CuO4. The first-order chi connectivity index (χ1) is 12.5. The number of aliphatic carboxylic acids is 2. The summed E-state index contributed by atoms with van der Waals surface area (Å²) in [4.78, 5) is 20.1. The molecule has 0 unspecified atom stereocenters. The summed E-state index contributed by atoms with van der Waals surface area (Å²) >= 11 is 0. The zero-order valence-electron chi connectivity index (χ0n) is 16.4.